The van der Waals surface area contributed by atoms with Crippen LogP contribution in [0.25, 0.3) is 0 Å². The molecular formula is C10H20S. The summed E-state index contributed by atoms with van der Waals surface area (Å²) in [6.07, 6.45) is 8.43. The Bertz CT molecular complexity index is 97.0. The van der Waals surface area contributed by atoms with Gasteiger partial charge >= 0.3 is 0 Å². The molecule has 0 spiro atoms. The monoisotopic (exact) mass is 172 g/mol. The minimum atomic E-state index is 0.839. The van der Waals surface area contributed by atoms with E-state index in [0.717, 1.165) is 5.25 Å². The summed E-state index contributed by atoms with van der Waals surface area (Å²) in [4.78, 5) is 0. The lowest BCUT2D eigenvalue weighted by molar-refractivity contribution is 0.713. The molecule has 0 amide bonds. The molecule has 0 aromatic rings. The van der Waals surface area contributed by atoms with Crippen LogP contribution < -0.4 is 0 Å². The van der Waals surface area contributed by atoms with E-state index in [1.807, 2.05) is 0 Å². The maximum Gasteiger partial charge on any atom is 0.0115 e. The van der Waals surface area contributed by atoms with Crippen LogP contribution in [0.5, 0.6) is 0 Å². The van der Waals surface area contributed by atoms with E-state index in [4.69, 9.17) is 0 Å². The fourth-order valence-corrected chi connectivity index (χ4v) is 1.86. The molecule has 11 heavy (non-hydrogen) atoms. The summed E-state index contributed by atoms with van der Waals surface area (Å²) in [6.45, 7) is 6.66. The standard InChI is InChI=1S/C10H20S/c1-4-6-8-10(3)11-9-7-5-2/h5,7,10H,4,6,8-9H2,1-3H3/b7-5-. The zero-order valence-electron chi connectivity index (χ0n) is 7.97. The highest BCUT2D eigenvalue weighted by Gasteiger charge is 1.98. The normalized spacial score (nSPS) is 14.1. The van der Waals surface area contributed by atoms with Crippen molar-refractivity contribution >= 4 is 11.8 Å². The molecule has 0 rings (SSSR count). The summed E-state index contributed by atoms with van der Waals surface area (Å²) in [7, 11) is 0. The van der Waals surface area contributed by atoms with Crippen molar-refractivity contribution in [3.8, 4) is 0 Å². The number of allylic oxidation sites excluding steroid dienone is 1. The molecule has 0 radical (unpaired) electrons. The zero-order chi connectivity index (χ0) is 8.53. The van der Waals surface area contributed by atoms with E-state index in [2.05, 4.69) is 44.7 Å². The van der Waals surface area contributed by atoms with Gasteiger partial charge in [0, 0.05) is 11.0 Å². The number of rotatable bonds is 6. The Kier molecular flexibility index (Phi) is 8.26. The predicted molar refractivity (Wildman–Crippen MR) is 56.3 cm³/mol. The lowest BCUT2D eigenvalue weighted by Gasteiger charge is -2.07. The van der Waals surface area contributed by atoms with Crippen molar-refractivity contribution in [1.29, 1.82) is 0 Å². The highest BCUT2D eigenvalue weighted by molar-refractivity contribution is 8.00. The smallest absolute Gasteiger partial charge is 0.0115 e. The molecule has 0 aliphatic carbocycles. The molecule has 0 aliphatic rings. The second-order valence-corrected chi connectivity index (χ2v) is 4.33. The SMILES string of the molecule is C/C=C\CSC(C)CCCC. The van der Waals surface area contributed by atoms with Crippen LogP contribution >= 0.6 is 11.8 Å². The highest BCUT2D eigenvalue weighted by Crippen LogP contribution is 2.16. The third-order valence-electron chi connectivity index (χ3n) is 1.68. The molecule has 1 unspecified atom stereocenters. The number of hydrogen-bond donors (Lipinski definition) is 0. The fraction of sp³-hybridized carbons (Fsp3) is 0.800. The maximum absolute atomic E-state index is 2.32. The molecule has 0 saturated heterocycles. The lowest BCUT2D eigenvalue weighted by Crippen LogP contribution is -1.95. The van der Waals surface area contributed by atoms with E-state index < -0.39 is 0 Å². The van der Waals surface area contributed by atoms with Crippen LogP contribution in [0.2, 0.25) is 0 Å². The third kappa shape index (κ3) is 7.99. The average Bonchev–Trinajstić information content (AvgIpc) is 2.01. The van der Waals surface area contributed by atoms with Crippen molar-refractivity contribution < 1.29 is 0 Å². The van der Waals surface area contributed by atoms with Crippen molar-refractivity contribution in [2.24, 2.45) is 0 Å². The van der Waals surface area contributed by atoms with Crippen LogP contribution in [-0.2, 0) is 0 Å². The molecule has 0 saturated carbocycles. The number of thioether (sulfide) groups is 1. The molecule has 66 valence electrons. The molecule has 0 aromatic heterocycles. The van der Waals surface area contributed by atoms with Gasteiger partial charge in [-0.2, -0.15) is 11.8 Å². The Balaban J connectivity index is 3.15. The average molecular weight is 172 g/mol. The minimum Gasteiger partial charge on any atom is -0.155 e. The van der Waals surface area contributed by atoms with Gasteiger partial charge in [-0.15, -0.1) is 0 Å². The number of hydrogen-bond acceptors (Lipinski definition) is 1. The van der Waals surface area contributed by atoms with Crippen LogP contribution in [0.15, 0.2) is 12.2 Å². The Morgan fingerprint density at radius 1 is 1.45 bits per heavy atom. The molecule has 0 fully saturated rings. The Morgan fingerprint density at radius 3 is 2.73 bits per heavy atom. The van der Waals surface area contributed by atoms with Crippen LogP contribution in [0, 0.1) is 0 Å². The summed E-state index contributed by atoms with van der Waals surface area (Å²) in [5, 5.41) is 0.839. The first kappa shape index (κ1) is 11.1. The highest BCUT2D eigenvalue weighted by atomic mass is 32.2. The van der Waals surface area contributed by atoms with Crippen molar-refractivity contribution in [2.45, 2.75) is 45.3 Å². The van der Waals surface area contributed by atoms with Gasteiger partial charge in [0.05, 0.1) is 0 Å². The number of unbranched alkanes of at least 4 members (excludes halogenated alkanes) is 1. The van der Waals surface area contributed by atoms with E-state index in [9.17, 15) is 0 Å². The molecule has 1 heteroatoms. The van der Waals surface area contributed by atoms with Gasteiger partial charge < -0.3 is 0 Å². The molecule has 0 aliphatic heterocycles. The summed E-state index contributed by atoms with van der Waals surface area (Å²) >= 11 is 2.05. The minimum absolute atomic E-state index is 0.839. The van der Waals surface area contributed by atoms with Gasteiger partial charge in [0.2, 0.25) is 0 Å². The van der Waals surface area contributed by atoms with Crippen molar-refractivity contribution in [3.63, 3.8) is 0 Å². The molecule has 0 aromatic carbocycles. The Hall–Kier alpha value is 0.0900. The van der Waals surface area contributed by atoms with Gasteiger partial charge in [-0.25, -0.2) is 0 Å². The van der Waals surface area contributed by atoms with Gasteiger partial charge in [-0.05, 0) is 13.3 Å². The first-order chi connectivity index (χ1) is 5.31. The predicted octanol–water partition coefficient (Wildman–Crippen LogP) is 3.87. The van der Waals surface area contributed by atoms with E-state index in [-0.39, 0.29) is 0 Å². The Labute approximate surface area is 75.5 Å². The van der Waals surface area contributed by atoms with E-state index >= 15 is 0 Å². The summed E-state index contributed by atoms with van der Waals surface area (Å²) < 4.78 is 0. The largest absolute Gasteiger partial charge is 0.155 e. The molecule has 0 N–H and O–H groups in total. The van der Waals surface area contributed by atoms with Crippen molar-refractivity contribution in [3.05, 3.63) is 12.2 Å². The molecular weight excluding hydrogens is 152 g/mol. The van der Waals surface area contributed by atoms with Crippen molar-refractivity contribution in [1.82, 2.24) is 0 Å². The molecule has 0 bridgehead atoms. The molecule has 0 heterocycles. The van der Waals surface area contributed by atoms with E-state index in [1.165, 1.54) is 25.0 Å². The summed E-state index contributed by atoms with van der Waals surface area (Å²) in [5.41, 5.74) is 0. The second-order valence-electron chi connectivity index (χ2n) is 2.86. The molecule has 0 nitrogen and oxygen atoms in total. The second kappa shape index (κ2) is 8.19. The van der Waals surface area contributed by atoms with Gasteiger partial charge in [0.25, 0.3) is 0 Å². The quantitative estimate of drug-likeness (QED) is 0.548. The van der Waals surface area contributed by atoms with Gasteiger partial charge in [-0.1, -0.05) is 38.8 Å². The summed E-state index contributed by atoms with van der Waals surface area (Å²) in [6, 6.07) is 0. The van der Waals surface area contributed by atoms with Gasteiger partial charge in [0.15, 0.2) is 0 Å². The first-order valence-electron chi connectivity index (χ1n) is 4.54. The van der Waals surface area contributed by atoms with Crippen molar-refractivity contribution in [2.75, 3.05) is 5.75 Å². The zero-order valence-corrected chi connectivity index (χ0v) is 8.79. The molecule has 1 atom stereocenters. The van der Waals surface area contributed by atoms with Crippen LogP contribution in [0.4, 0.5) is 0 Å². The van der Waals surface area contributed by atoms with Gasteiger partial charge in [-0.3, -0.25) is 0 Å². The van der Waals surface area contributed by atoms with Crippen LogP contribution in [-0.4, -0.2) is 11.0 Å². The fourth-order valence-electron chi connectivity index (χ4n) is 0.891. The topological polar surface area (TPSA) is 0 Å². The summed E-state index contributed by atoms with van der Waals surface area (Å²) in [5.74, 6) is 1.18. The van der Waals surface area contributed by atoms with E-state index in [1.54, 1.807) is 0 Å². The maximum atomic E-state index is 2.32. The van der Waals surface area contributed by atoms with Crippen LogP contribution in [0.3, 0.4) is 0 Å². The third-order valence-corrected chi connectivity index (χ3v) is 2.87. The van der Waals surface area contributed by atoms with Crippen LogP contribution in [0.1, 0.15) is 40.0 Å². The first-order valence-corrected chi connectivity index (χ1v) is 5.58. The Morgan fingerprint density at radius 2 is 2.18 bits per heavy atom. The van der Waals surface area contributed by atoms with Gasteiger partial charge in [0.1, 0.15) is 0 Å². The van der Waals surface area contributed by atoms with E-state index in [0.29, 0.717) is 0 Å². The lowest BCUT2D eigenvalue weighted by atomic mass is 10.2.